The van der Waals surface area contributed by atoms with Crippen LogP contribution >= 0.6 is 0 Å². The van der Waals surface area contributed by atoms with Crippen molar-refractivity contribution in [3.63, 3.8) is 0 Å². The molecule has 124 valence electrons. The van der Waals surface area contributed by atoms with Gasteiger partial charge in [0.2, 0.25) is 0 Å². The van der Waals surface area contributed by atoms with Gasteiger partial charge >= 0.3 is 5.97 Å². The summed E-state index contributed by atoms with van der Waals surface area (Å²) in [4.78, 5) is 11.2. The van der Waals surface area contributed by atoms with Gasteiger partial charge in [-0.25, -0.2) is 0 Å². The summed E-state index contributed by atoms with van der Waals surface area (Å²) in [6.07, 6.45) is 1.78. The zero-order valence-corrected chi connectivity index (χ0v) is 13.9. The van der Waals surface area contributed by atoms with Gasteiger partial charge in [0.05, 0.1) is 20.1 Å². The SMILES string of the molecule is COCCN(CCC(=O)OC)S(=O)(=O)N1CCC(C)CC1. The Hall–Kier alpha value is -0.700. The van der Waals surface area contributed by atoms with Gasteiger partial charge in [0.1, 0.15) is 0 Å². The summed E-state index contributed by atoms with van der Waals surface area (Å²) in [5.41, 5.74) is 0. The van der Waals surface area contributed by atoms with Crippen LogP contribution < -0.4 is 0 Å². The van der Waals surface area contributed by atoms with Crippen molar-refractivity contribution in [3.8, 4) is 0 Å². The molecule has 0 saturated carbocycles. The third-order valence-electron chi connectivity index (χ3n) is 3.73. The van der Waals surface area contributed by atoms with Crippen molar-refractivity contribution in [1.29, 1.82) is 0 Å². The maximum atomic E-state index is 12.6. The van der Waals surface area contributed by atoms with Crippen LogP contribution in [0.15, 0.2) is 0 Å². The molecule has 0 unspecified atom stereocenters. The summed E-state index contributed by atoms with van der Waals surface area (Å²) in [6.45, 7) is 3.84. The zero-order valence-electron chi connectivity index (χ0n) is 13.1. The number of hydrogen-bond donors (Lipinski definition) is 0. The van der Waals surface area contributed by atoms with Gasteiger partial charge < -0.3 is 9.47 Å². The highest BCUT2D eigenvalue weighted by molar-refractivity contribution is 7.86. The summed E-state index contributed by atoms with van der Waals surface area (Å²) in [5.74, 6) is 0.138. The first-order valence-corrected chi connectivity index (χ1v) is 8.62. The Balaban J connectivity index is 2.71. The smallest absolute Gasteiger partial charge is 0.306 e. The largest absolute Gasteiger partial charge is 0.469 e. The predicted octanol–water partition coefficient (Wildman–Crippen LogP) is 0.475. The average Bonchev–Trinajstić information content (AvgIpc) is 2.47. The van der Waals surface area contributed by atoms with E-state index in [1.54, 1.807) is 0 Å². The van der Waals surface area contributed by atoms with E-state index in [0.29, 0.717) is 25.6 Å². The van der Waals surface area contributed by atoms with E-state index < -0.39 is 16.2 Å². The molecule has 0 spiro atoms. The van der Waals surface area contributed by atoms with Crippen molar-refractivity contribution in [1.82, 2.24) is 8.61 Å². The maximum absolute atomic E-state index is 12.6. The molecule has 8 heteroatoms. The van der Waals surface area contributed by atoms with Crippen LogP contribution in [0.25, 0.3) is 0 Å². The number of hydrogen-bond acceptors (Lipinski definition) is 5. The molecule has 1 heterocycles. The number of methoxy groups -OCH3 is 2. The van der Waals surface area contributed by atoms with Crippen molar-refractivity contribution in [2.45, 2.75) is 26.2 Å². The lowest BCUT2D eigenvalue weighted by atomic mass is 10.0. The molecule has 0 atom stereocenters. The summed E-state index contributed by atoms with van der Waals surface area (Å²) >= 11 is 0. The van der Waals surface area contributed by atoms with Crippen molar-refractivity contribution >= 4 is 16.2 Å². The quantitative estimate of drug-likeness (QED) is 0.607. The highest BCUT2D eigenvalue weighted by atomic mass is 32.2. The van der Waals surface area contributed by atoms with E-state index in [1.807, 2.05) is 0 Å². The summed E-state index contributed by atoms with van der Waals surface area (Å²) in [7, 11) is -0.729. The molecule has 0 radical (unpaired) electrons. The fraction of sp³-hybridized carbons (Fsp3) is 0.923. The monoisotopic (exact) mass is 322 g/mol. The van der Waals surface area contributed by atoms with Gasteiger partial charge in [0.25, 0.3) is 10.2 Å². The number of carbonyl (C=O) groups is 1. The van der Waals surface area contributed by atoms with Gasteiger partial charge in [-0.1, -0.05) is 6.92 Å². The Kier molecular flexibility index (Phi) is 7.58. The first-order chi connectivity index (χ1) is 9.91. The van der Waals surface area contributed by atoms with Crippen LogP contribution in [0.5, 0.6) is 0 Å². The molecule has 0 aromatic rings. The van der Waals surface area contributed by atoms with Crippen LogP contribution in [0.1, 0.15) is 26.2 Å². The van der Waals surface area contributed by atoms with Gasteiger partial charge in [0.15, 0.2) is 0 Å². The van der Waals surface area contributed by atoms with Crippen LogP contribution in [0.2, 0.25) is 0 Å². The minimum absolute atomic E-state index is 0.0453. The Morgan fingerprint density at radius 1 is 1.24 bits per heavy atom. The molecule has 7 nitrogen and oxygen atoms in total. The lowest BCUT2D eigenvalue weighted by Crippen LogP contribution is -2.48. The predicted molar refractivity (Wildman–Crippen MR) is 79.0 cm³/mol. The molecule has 1 fully saturated rings. The van der Waals surface area contributed by atoms with Gasteiger partial charge in [-0.05, 0) is 18.8 Å². The third-order valence-corrected chi connectivity index (χ3v) is 5.77. The van der Waals surface area contributed by atoms with Crippen LogP contribution in [0, 0.1) is 5.92 Å². The Labute approximate surface area is 127 Å². The molecule has 0 bridgehead atoms. The van der Waals surface area contributed by atoms with Gasteiger partial charge in [-0.3, -0.25) is 4.79 Å². The minimum atomic E-state index is -3.54. The summed E-state index contributed by atoms with van der Waals surface area (Å²) in [6, 6.07) is 0. The molecular formula is C13H26N2O5S. The van der Waals surface area contributed by atoms with E-state index in [1.165, 1.54) is 22.8 Å². The highest BCUT2D eigenvalue weighted by Crippen LogP contribution is 2.20. The van der Waals surface area contributed by atoms with Crippen molar-refractivity contribution in [2.24, 2.45) is 5.92 Å². The fourth-order valence-corrected chi connectivity index (χ4v) is 3.86. The molecule has 1 aliphatic rings. The van der Waals surface area contributed by atoms with Crippen molar-refractivity contribution in [2.75, 3.05) is 47.0 Å². The molecule has 21 heavy (non-hydrogen) atoms. The van der Waals surface area contributed by atoms with Crippen LogP contribution in [0.3, 0.4) is 0 Å². The topological polar surface area (TPSA) is 76.1 Å². The number of piperidine rings is 1. The third kappa shape index (κ3) is 5.54. The van der Waals surface area contributed by atoms with E-state index in [2.05, 4.69) is 11.7 Å². The van der Waals surface area contributed by atoms with E-state index in [9.17, 15) is 13.2 Å². The van der Waals surface area contributed by atoms with Crippen molar-refractivity contribution < 1.29 is 22.7 Å². The molecular weight excluding hydrogens is 296 g/mol. The highest BCUT2D eigenvalue weighted by Gasteiger charge is 2.32. The number of rotatable bonds is 8. The first kappa shape index (κ1) is 18.3. The van der Waals surface area contributed by atoms with Gasteiger partial charge in [-0.2, -0.15) is 17.0 Å². The second-order valence-electron chi connectivity index (χ2n) is 5.31. The molecule has 0 aromatic carbocycles. The lowest BCUT2D eigenvalue weighted by Gasteiger charge is -2.33. The molecule has 1 saturated heterocycles. The molecule has 0 N–H and O–H groups in total. The molecule has 1 rings (SSSR count). The molecule has 0 amide bonds. The van der Waals surface area contributed by atoms with E-state index >= 15 is 0 Å². The van der Waals surface area contributed by atoms with Crippen LogP contribution in [-0.2, 0) is 24.5 Å². The molecule has 0 aliphatic carbocycles. The van der Waals surface area contributed by atoms with E-state index in [4.69, 9.17) is 4.74 Å². The number of nitrogens with zero attached hydrogens (tertiary/aromatic N) is 2. The average molecular weight is 322 g/mol. The second-order valence-corrected chi connectivity index (χ2v) is 7.24. The number of ether oxygens (including phenoxy) is 2. The maximum Gasteiger partial charge on any atom is 0.306 e. The number of esters is 1. The van der Waals surface area contributed by atoms with Crippen LogP contribution in [0.4, 0.5) is 0 Å². The minimum Gasteiger partial charge on any atom is -0.469 e. The lowest BCUT2D eigenvalue weighted by molar-refractivity contribution is -0.140. The second kappa shape index (κ2) is 8.67. The van der Waals surface area contributed by atoms with Crippen LogP contribution in [-0.4, -0.2) is 70.0 Å². The standard InChI is InChI=1S/C13H26N2O5S/c1-12-4-7-14(8-5-12)21(17,18)15(10-11-19-2)9-6-13(16)20-3/h12H,4-11H2,1-3H3. The molecule has 0 aromatic heterocycles. The number of carbonyl (C=O) groups excluding carboxylic acids is 1. The Morgan fingerprint density at radius 2 is 1.86 bits per heavy atom. The molecule has 1 aliphatic heterocycles. The van der Waals surface area contributed by atoms with Gasteiger partial charge in [0, 0.05) is 33.3 Å². The first-order valence-electron chi connectivity index (χ1n) is 7.22. The Morgan fingerprint density at radius 3 is 2.38 bits per heavy atom. The van der Waals surface area contributed by atoms with E-state index in [-0.39, 0.29) is 19.5 Å². The van der Waals surface area contributed by atoms with E-state index in [0.717, 1.165) is 12.8 Å². The normalized spacial score (nSPS) is 18.1. The Bertz CT molecular complexity index is 418. The van der Waals surface area contributed by atoms with Gasteiger partial charge in [-0.15, -0.1) is 0 Å². The zero-order chi connectivity index (χ0) is 15.9. The fourth-order valence-electron chi connectivity index (χ4n) is 2.23. The summed E-state index contributed by atoms with van der Waals surface area (Å²) in [5, 5.41) is 0. The summed E-state index contributed by atoms with van der Waals surface area (Å²) < 4.78 is 37.6. The van der Waals surface area contributed by atoms with Crippen molar-refractivity contribution in [3.05, 3.63) is 0 Å².